The van der Waals surface area contributed by atoms with Crippen LogP contribution in [0.25, 0.3) is 22.3 Å². The van der Waals surface area contributed by atoms with E-state index in [1.54, 1.807) is 37.4 Å². The van der Waals surface area contributed by atoms with Gasteiger partial charge in [0.2, 0.25) is 0 Å². The first-order valence-electron chi connectivity index (χ1n) is 14.3. The first kappa shape index (κ1) is 30.2. The Morgan fingerprint density at radius 2 is 1.77 bits per heavy atom. The van der Waals surface area contributed by atoms with Crippen molar-refractivity contribution in [3.63, 3.8) is 0 Å². The molecule has 0 amide bonds. The van der Waals surface area contributed by atoms with Crippen molar-refractivity contribution in [2.45, 2.75) is 26.4 Å². The van der Waals surface area contributed by atoms with Crippen LogP contribution in [-0.2, 0) is 11.3 Å². The normalized spacial score (nSPS) is 11.0. The molecule has 44 heavy (non-hydrogen) atoms. The predicted octanol–water partition coefficient (Wildman–Crippen LogP) is 5.79. The number of nitrogens with one attached hydrogen (secondary N) is 1. The fraction of sp³-hybridized carbons (Fsp3) is 0.235. The topological polar surface area (TPSA) is 104 Å². The van der Waals surface area contributed by atoms with E-state index in [-0.39, 0.29) is 0 Å². The van der Waals surface area contributed by atoms with Gasteiger partial charge in [0.15, 0.2) is 0 Å². The van der Waals surface area contributed by atoms with Gasteiger partial charge in [-0.2, -0.15) is 5.10 Å². The van der Waals surface area contributed by atoms with Crippen molar-refractivity contribution in [3.8, 4) is 28.5 Å². The van der Waals surface area contributed by atoms with Crippen LogP contribution in [0.4, 0.5) is 11.4 Å². The van der Waals surface area contributed by atoms with Gasteiger partial charge in [0, 0.05) is 72.1 Å². The second-order valence-electron chi connectivity index (χ2n) is 10.4. The third-order valence-corrected chi connectivity index (χ3v) is 6.98. The summed E-state index contributed by atoms with van der Waals surface area (Å²) >= 11 is 0. The molecule has 0 bridgehead atoms. The van der Waals surface area contributed by atoms with Crippen LogP contribution < -0.4 is 24.4 Å². The van der Waals surface area contributed by atoms with E-state index in [0.29, 0.717) is 42.1 Å². The Balaban J connectivity index is 1.45. The van der Waals surface area contributed by atoms with Crippen LogP contribution in [-0.4, -0.2) is 59.1 Å². The summed E-state index contributed by atoms with van der Waals surface area (Å²) in [5.41, 5.74) is 5.77. The number of carbonyl (C=O) groups is 1. The van der Waals surface area contributed by atoms with Gasteiger partial charge in [-0.05, 0) is 24.3 Å². The number of nitrogens with zero attached hydrogens (tertiary/aromatic N) is 5. The van der Waals surface area contributed by atoms with Gasteiger partial charge in [0.25, 0.3) is 0 Å². The van der Waals surface area contributed by atoms with Gasteiger partial charge in [-0.15, -0.1) is 0 Å². The lowest BCUT2D eigenvalue weighted by atomic mass is 10.2. The largest absolute Gasteiger partial charge is 0.497 e. The summed E-state index contributed by atoms with van der Waals surface area (Å²) < 4.78 is 18.3. The van der Waals surface area contributed by atoms with Crippen molar-refractivity contribution >= 4 is 28.4 Å². The van der Waals surface area contributed by atoms with Crippen LogP contribution in [0.15, 0.2) is 91.9 Å². The average Bonchev–Trinajstić information content (AvgIpc) is 3.51. The Bertz CT molecular complexity index is 1740. The van der Waals surface area contributed by atoms with E-state index in [1.807, 2.05) is 60.8 Å². The molecule has 2 heterocycles. The molecule has 0 radical (unpaired) electrons. The standard InChI is InChI=1S/C34H36N6O4/c1-6-34(41)44-33-10-8-7-9-24(33)21-39-22-25(19-37-39)32-20-36-30-12-11-26(17-31(30)38-32)40(14-13-35-23(2)3)27-15-28(42-4)18-29(16-27)43-5/h6-12,15-20,22-23,35H,1,13-14,21H2,2-5H3. The van der Waals surface area contributed by atoms with E-state index >= 15 is 0 Å². The molecule has 0 fully saturated rings. The van der Waals surface area contributed by atoms with E-state index in [4.69, 9.17) is 19.2 Å². The van der Waals surface area contributed by atoms with Crippen LogP contribution in [0.2, 0.25) is 0 Å². The van der Waals surface area contributed by atoms with Gasteiger partial charge < -0.3 is 24.4 Å². The second kappa shape index (κ2) is 13.8. The molecular weight excluding hydrogens is 556 g/mol. The van der Waals surface area contributed by atoms with Crippen molar-refractivity contribution in [1.29, 1.82) is 0 Å². The molecule has 2 aromatic heterocycles. The summed E-state index contributed by atoms with van der Waals surface area (Å²) in [4.78, 5) is 23.6. The monoisotopic (exact) mass is 592 g/mol. The average molecular weight is 593 g/mol. The number of aromatic nitrogens is 4. The highest BCUT2D eigenvalue weighted by Crippen LogP contribution is 2.34. The number of rotatable bonds is 13. The van der Waals surface area contributed by atoms with Gasteiger partial charge in [0.05, 0.1) is 49.9 Å². The summed E-state index contributed by atoms with van der Waals surface area (Å²) in [7, 11) is 3.30. The molecule has 0 aliphatic rings. The number of hydrogen-bond donors (Lipinski definition) is 1. The first-order valence-corrected chi connectivity index (χ1v) is 14.3. The Hall–Kier alpha value is -5.22. The first-order chi connectivity index (χ1) is 21.4. The van der Waals surface area contributed by atoms with Crippen molar-refractivity contribution in [3.05, 3.63) is 97.5 Å². The van der Waals surface area contributed by atoms with Gasteiger partial charge in [-0.1, -0.05) is 38.6 Å². The highest BCUT2D eigenvalue weighted by Gasteiger charge is 2.15. The van der Waals surface area contributed by atoms with Gasteiger partial charge >= 0.3 is 5.97 Å². The van der Waals surface area contributed by atoms with Gasteiger partial charge in [0.1, 0.15) is 17.2 Å². The summed E-state index contributed by atoms with van der Waals surface area (Å²) in [6, 6.07) is 19.6. The Labute approximate surface area is 256 Å². The van der Waals surface area contributed by atoms with E-state index in [0.717, 1.165) is 46.2 Å². The van der Waals surface area contributed by atoms with E-state index in [2.05, 4.69) is 40.7 Å². The van der Waals surface area contributed by atoms with Gasteiger partial charge in [-0.3, -0.25) is 9.67 Å². The lowest BCUT2D eigenvalue weighted by Gasteiger charge is -2.27. The van der Waals surface area contributed by atoms with Crippen LogP contribution >= 0.6 is 0 Å². The molecule has 0 atom stereocenters. The molecule has 0 saturated carbocycles. The summed E-state index contributed by atoms with van der Waals surface area (Å²) in [5, 5.41) is 8.03. The van der Waals surface area contributed by atoms with Crippen molar-refractivity contribution in [1.82, 2.24) is 25.1 Å². The molecule has 0 spiro atoms. The number of carbonyl (C=O) groups excluding carboxylic acids is 1. The molecule has 3 aromatic carbocycles. The molecule has 226 valence electrons. The molecule has 5 rings (SSSR count). The molecule has 10 heteroatoms. The Morgan fingerprint density at radius 3 is 2.50 bits per heavy atom. The second-order valence-corrected chi connectivity index (χ2v) is 10.4. The minimum absolute atomic E-state index is 0.360. The molecule has 5 aromatic rings. The molecular formula is C34H36N6O4. The van der Waals surface area contributed by atoms with Crippen LogP contribution in [0.5, 0.6) is 17.2 Å². The molecule has 0 aliphatic carbocycles. The zero-order valence-corrected chi connectivity index (χ0v) is 25.4. The number of anilines is 2. The lowest BCUT2D eigenvalue weighted by Crippen LogP contribution is -2.32. The summed E-state index contributed by atoms with van der Waals surface area (Å²) in [6.45, 7) is 9.63. The molecule has 1 N–H and O–H groups in total. The number of hydrogen-bond acceptors (Lipinski definition) is 9. The number of methoxy groups -OCH3 is 2. The van der Waals surface area contributed by atoms with Crippen LogP contribution in [0, 0.1) is 0 Å². The molecule has 0 saturated heterocycles. The maximum Gasteiger partial charge on any atom is 0.335 e. The third-order valence-electron chi connectivity index (χ3n) is 6.98. The smallest absolute Gasteiger partial charge is 0.335 e. The van der Waals surface area contributed by atoms with Crippen LogP contribution in [0.1, 0.15) is 19.4 Å². The zero-order chi connectivity index (χ0) is 31.1. The third kappa shape index (κ3) is 7.22. The number of esters is 1. The Kier molecular flexibility index (Phi) is 9.51. The molecule has 10 nitrogen and oxygen atoms in total. The van der Waals surface area contributed by atoms with E-state index in [1.165, 1.54) is 0 Å². The maximum absolute atomic E-state index is 11.8. The molecule has 0 unspecified atom stereocenters. The number of para-hydroxylation sites is 1. The lowest BCUT2D eigenvalue weighted by molar-refractivity contribution is -0.129. The number of ether oxygens (including phenoxy) is 3. The quantitative estimate of drug-likeness (QED) is 0.103. The number of benzene rings is 3. The number of fused-ring (bicyclic) bond motifs is 1. The van der Waals surface area contributed by atoms with E-state index < -0.39 is 5.97 Å². The highest BCUT2D eigenvalue weighted by molar-refractivity contribution is 5.84. The highest BCUT2D eigenvalue weighted by atomic mass is 16.5. The minimum Gasteiger partial charge on any atom is -0.497 e. The predicted molar refractivity (Wildman–Crippen MR) is 172 cm³/mol. The molecule has 0 aliphatic heterocycles. The van der Waals surface area contributed by atoms with Crippen LogP contribution in [0.3, 0.4) is 0 Å². The Morgan fingerprint density at radius 1 is 1.00 bits per heavy atom. The maximum atomic E-state index is 11.8. The summed E-state index contributed by atoms with van der Waals surface area (Å²) in [5.74, 6) is 1.38. The van der Waals surface area contributed by atoms with E-state index in [9.17, 15) is 4.79 Å². The van der Waals surface area contributed by atoms with Crippen molar-refractivity contribution in [2.75, 3.05) is 32.2 Å². The van der Waals surface area contributed by atoms with Gasteiger partial charge in [-0.25, -0.2) is 9.78 Å². The van der Waals surface area contributed by atoms with Crippen molar-refractivity contribution < 1.29 is 19.0 Å². The zero-order valence-electron chi connectivity index (χ0n) is 25.4. The SMILES string of the molecule is C=CC(=O)Oc1ccccc1Cn1cc(-c2cnc3ccc(N(CCNC(C)C)c4cc(OC)cc(OC)c4)cc3n2)cn1. The summed E-state index contributed by atoms with van der Waals surface area (Å²) in [6.07, 6.45) is 6.55. The fourth-order valence-electron chi connectivity index (χ4n) is 4.77. The fourth-order valence-corrected chi connectivity index (χ4v) is 4.77. The van der Waals surface area contributed by atoms with Crippen molar-refractivity contribution in [2.24, 2.45) is 0 Å². The minimum atomic E-state index is -0.510.